The van der Waals surface area contributed by atoms with Gasteiger partial charge in [-0.15, -0.1) is 0 Å². The molecule has 1 aliphatic carbocycles. The number of H-pyrrole nitrogens is 2. The number of hydrogen-bond donors (Lipinski definition) is 2. The van der Waals surface area contributed by atoms with Gasteiger partial charge < -0.3 is 14.5 Å². The molecular formula is C19H25N5O3. The minimum absolute atomic E-state index is 0.00462. The summed E-state index contributed by atoms with van der Waals surface area (Å²) in [5.41, 5.74) is -0.780. The Morgan fingerprint density at radius 2 is 2.07 bits per heavy atom. The van der Waals surface area contributed by atoms with Gasteiger partial charge in [0.2, 0.25) is 5.91 Å². The van der Waals surface area contributed by atoms with Crippen LogP contribution in [0.5, 0.6) is 0 Å². The van der Waals surface area contributed by atoms with E-state index >= 15 is 0 Å². The molecule has 0 aromatic carbocycles. The summed E-state index contributed by atoms with van der Waals surface area (Å²) >= 11 is 0. The lowest BCUT2D eigenvalue weighted by atomic mass is 9.85. The van der Waals surface area contributed by atoms with Crippen LogP contribution in [0.3, 0.4) is 0 Å². The van der Waals surface area contributed by atoms with E-state index in [2.05, 4.69) is 19.5 Å². The van der Waals surface area contributed by atoms with Gasteiger partial charge in [-0.2, -0.15) is 0 Å². The maximum Gasteiger partial charge on any atom is 0.325 e. The van der Waals surface area contributed by atoms with Crippen LogP contribution in [0.25, 0.3) is 0 Å². The van der Waals surface area contributed by atoms with Gasteiger partial charge in [-0.05, 0) is 31.6 Å². The molecule has 2 aliphatic rings. The first-order valence-corrected chi connectivity index (χ1v) is 9.70. The van der Waals surface area contributed by atoms with Gasteiger partial charge in [0.15, 0.2) is 0 Å². The minimum atomic E-state index is -0.562. The van der Waals surface area contributed by atoms with Crippen molar-refractivity contribution in [3.63, 3.8) is 0 Å². The molecule has 0 spiro atoms. The zero-order chi connectivity index (χ0) is 18.8. The second-order valence-corrected chi connectivity index (χ2v) is 7.69. The summed E-state index contributed by atoms with van der Waals surface area (Å²) < 4.78 is 2.26. The molecule has 1 atom stereocenters. The average Bonchev–Trinajstić information content (AvgIpc) is 3.09. The number of hydrogen-bond acceptors (Lipinski definition) is 4. The fourth-order valence-electron chi connectivity index (χ4n) is 4.05. The number of aromatic nitrogens is 4. The maximum absolute atomic E-state index is 12.7. The van der Waals surface area contributed by atoms with Gasteiger partial charge >= 0.3 is 5.69 Å². The molecule has 8 nitrogen and oxygen atoms in total. The average molecular weight is 371 g/mol. The van der Waals surface area contributed by atoms with E-state index in [0.29, 0.717) is 13.1 Å². The zero-order valence-corrected chi connectivity index (χ0v) is 15.3. The third-order valence-electron chi connectivity index (χ3n) is 5.80. The number of aromatic amines is 2. The molecule has 27 heavy (non-hydrogen) atoms. The third kappa shape index (κ3) is 3.89. The molecule has 1 saturated carbocycles. The van der Waals surface area contributed by atoms with Crippen molar-refractivity contribution < 1.29 is 4.79 Å². The summed E-state index contributed by atoms with van der Waals surface area (Å²) in [6, 6.07) is 0. The quantitative estimate of drug-likeness (QED) is 0.818. The third-order valence-corrected chi connectivity index (χ3v) is 5.80. The van der Waals surface area contributed by atoms with Crippen LogP contribution in [0, 0.1) is 5.92 Å². The van der Waals surface area contributed by atoms with Crippen LogP contribution < -0.4 is 11.2 Å². The molecular weight excluding hydrogens is 346 g/mol. The molecule has 2 aromatic rings. The Labute approximate surface area is 156 Å². The van der Waals surface area contributed by atoms with E-state index in [9.17, 15) is 14.4 Å². The van der Waals surface area contributed by atoms with Crippen molar-refractivity contribution in [1.82, 2.24) is 24.4 Å². The van der Waals surface area contributed by atoms with E-state index in [1.54, 1.807) is 0 Å². The predicted molar refractivity (Wildman–Crippen MR) is 99.5 cm³/mol. The van der Waals surface area contributed by atoms with Gasteiger partial charge in [-0.1, -0.05) is 6.42 Å². The number of likely N-dealkylation sites (tertiary alicyclic amines) is 1. The number of carbonyl (C=O) groups excluding carboxylic acids is 1. The van der Waals surface area contributed by atoms with Gasteiger partial charge in [0.1, 0.15) is 5.82 Å². The number of piperidine rings is 1. The van der Waals surface area contributed by atoms with Crippen LogP contribution in [0.15, 0.2) is 28.2 Å². The van der Waals surface area contributed by atoms with E-state index in [-0.39, 0.29) is 23.8 Å². The summed E-state index contributed by atoms with van der Waals surface area (Å²) in [4.78, 5) is 46.6. The molecule has 1 saturated heterocycles. The predicted octanol–water partition coefficient (Wildman–Crippen LogP) is 1.01. The smallest absolute Gasteiger partial charge is 0.325 e. The molecule has 2 fully saturated rings. The highest BCUT2D eigenvalue weighted by Gasteiger charge is 2.28. The van der Waals surface area contributed by atoms with Crippen LogP contribution in [0.4, 0.5) is 0 Å². The Bertz CT molecular complexity index is 924. The van der Waals surface area contributed by atoms with Gasteiger partial charge in [0.25, 0.3) is 5.56 Å². The van der Waals surface area contributed by atoms with Crippen LogP contribution in [0.1, 0.15) is 49.4 Å². The molecule has 4 rings (SSSR count). The molecule has 144 valence electrons. The minimum Gasteiger partial charge on any atom is -0.342 e. The van der Waals surface area contributed by atoms with Crippen LogP contribution in [0.2, 0.25) is 0 Å². The van der Waals surface area contributed by atoms with Crippen LogP contribution in [-0.4, -0.2) is 43.4 Å². The first-order chi connectivity index (χ1) is 13.1. The van der Waals surface area contributed by atoms with E-state index in [0.717, 1.165) is 31.1 Å². The Hall–Kier alpha value is -2.64. The lowest BCUT2D eigenvalue weighted by Gasteiger charge is -2.33. The standard InChI is InChI=1S/C19H25N5O3/c25-16(9-15-10-21-19(27)22-18(15)26)23-7-2-5-14(12-23)17-20-6-8-24(17)11-13-3-1-4-13/h6,8,10,13-14H,1-5,7,9,11-12H2,(H2,21,22,26,27). The first kappa shape index (κ1) is 17.8. The van der Waals surface area contributed by atoms with Crippen molar-refractivity contribution in [2.75, 3.05) is 13.1 Å². The fourth-order valence-corrected chi connectivity index (χ4v) is 4.05. The van der Waals surface area contributed by atoms with E-state index < -0.39 is 11.2 Å². The highest BCUT2D eigenvalue weighted by atomic mass is 16.2. The Balaban J connectivity index is 1.43. The van der Waals surface area contributed by atoms with E-state index in [1.165, 1.54) is 25.5 Å². The summed E-state index contributed by atoms with van der Waals surface area (Å²) in [5, 5.41) is 0. The molecule has 0 radical (unpaired) electrons. The molecule has 1 aliphatic heterocycles. The molecule has 3 heterocycles. The lowest BCUT2D eigenvalue weighted by Crippen LogP contribution is -2.41. The molecule has 1 unspecified atom stereocenters. The SMILES string of the molecule is O=C(Cc1c[nH]c(=O)[nH]c1=O)N1CCCC(c2nccn2CC2CCC2)C1. The fraction of sp³-hybridized carbons (Fsp3) is 0.579. The second kappa shape index (κ2) is 7.54. The number of carbonyl (C=O) groups is 1. The van der Waals surface area contributed by atoms with E-state index in [4.69, 9.17) is 0 Å². The van der Waals surface area contributed by atoms with Gasteiger partial charge in [-0.3, -0.25) is 14.6 Å². The number of nitrogens with zero attached hydrogens (tertiary/aromatic N) is 3. The molecule has 2 N–H and O–H groups in total. The number of nitrogens with one attached hydrogen (secondary N) is 2. The summed E-state index contributed by atoms with van der Waals surface area (Å²) in [6.07, 6.45) is 11.1. The normalized spacial score (nSPS) is 20.4. The van der Waals surface area contributed by atoms with Gasteiger partial charge in [0.05, 0.1) is 6.42 Å². The van der Waals surface area contributed by atoms with Crippen molar-refractivity contribution in [3.05, 3.63) is 50.8 Å². The Kier molecular flexibility index (Phi) is 4.96. The van der Waals surface area contributed by atoms with Gasteiger partial charge in [-0.25, -0.2) is 9.78 Å². The lowest BCUT2D eigenvalue weighted by molar-refractivity contribution is -0.131. The molecule has 2 aromatic heterocycles. The van der Waals surface area contributed by atoms with Crippen molar-refractivity contribution in [2.24, 2.45) is 5.92 Å². The maximum atomic E-state index is 12.7. The number of imidazole rings is 1. The second-order valence-electron chi connectivity index (χ2n) is 7.69. The highest BCUT2D eigenvalue weighted by molar-refractivity contribution is 5.78. The van der Waals surface area contributed by atoms with Gasteiger partial charge in [0, 0.05) is 49.7 Å². The summed E-state index contributed by atoms with van der Waals surface area (Å²) in [7, 11) is 0. The zero-order valence-electron chi connectivity index (χ0n) is 15.3. The Morgan fingerprint density at radius 1 is 1.22 bits per heavy atom. The van der Waals surface area contributed by atoms with Crippen molar-refractivity contribution in [3.8, 4) is 0 Å². The van der Waals surface area contributed by atoms with E-state index in [1.807, 2.05) is 17.3 Å². The van der Waals surface area contributed by atoms with Crippen molar-refractivity contribution in [2.45, 2.75) is 51.0 Å². The summed E-state index contributed by atoms with van der Waals surface area (Å²) in [5.74, 6) is 1.97. The molecule has 8 heteroatoms. The molecule has 0 bridgehead atoms. The first-order valence-electron chi connectivity index (χ1n) is 9.70. The topological polar surface area (TPSA) is 104 Å². The van der Waals surface area contributed by atoms with Crippen molar-refractivity contribution >= 4 is 5.91 Å². The largest absolute Gasteiger partial charge is 0.342 e. The number of amides is 1. The van der Waals surface area contributed by atoms with Crippen LogP contribution >= 0.6 is 0 Å². The number of rotatable bonds is 5. The monoisotopic (exact) mass is 371 g/mol. The Morgan fingerprint density at radius 3 is 2.81 bits per heavy atom. The van der Waals surface area contributed by atoms with Crippen LogP contribution in [-0.2, 0) is 17.8 Å². The highest BCUT2D eigenvalue weighted by Crippen LogP contribution is 2.31. The molecule has 1 amide bonds. The summed E-state index contributed by atoms with van der Waals surface area (Å²) in [6.45, 7) is 2.34. The van der Waals surface area contributed by atoms with Crippen molar-refractivity contribution in [1.29, 1.82) is 0 Å².